The van der Waals surface area contributed by atoms with Crippen LogP contribution in [0.3, 0.4) is 0 Å². The number of amides is 1. The van der Waals surface area contributed by atoms with Gasteiger partial charge in [0.05, 0.1) is 18.2 Å². The minimum Gasteiger partial charge on any atom is -0.507 e. The van der Waals surface area contributed by atoms with Crippen molar-refractivity contribution in [1.29, 1.82) is 0 Å². The van der Waals surface area contributed by atoms with E-state index in [4.69, 9.17) is 9.47 Å². The van der Waals surface area contributed by atoms with Crippen molar-refractivity contribution in [2.45, 2.75) is 46.8 Å². The number of nitrogens with zero attached hydrogens (tertiary/aromatic N) is 2. The highest BCUT2D eigenvalue weighted by Gasteiger charge is 2.46. The normalized spacial score (nSPS) is 16.4. The Kier molecular flexibility index (Phi) is 10.2. The molecule has 1 aliphatic rings. The van der Waals surface area contributed by atoms with E-state index in [-0.39, 0.29) is 11.3 Å². The fraction of sp³-hybridized carbons (Fsp3) is 0.353. The molecule has 3 aromatic carbocycles. The molecular weight excluding hydrogens is 516 g/mol. The number of aryl methyl sites for hydroxylation is 1. The Morgan fingerprint density at radius 2 is 1.56 bits per heavy atom. The third-order valence-corrected chi connectivity index (χ3v) is 7.38. The number of likely N-dealkylation sites (N-methyl/N-ethyl adjacent to an activating group) is 1. The van der Waals surface area contributed by atoms with Gasteiger partial charge in [-0.3, -0.25) is 9.59 Å². The topological polar surface area (TPSA) is 79.3 Å². The van der Waals surface area contributed by atoms with Crippen LogP contribution >= 0.6 is 0 Å². The maximum Gasteiger partial charge on any atom is 0.295 e. The lowest BCUT2D eigenvalue weighted by molar-refractivity contribution is -0.140. The summed E-state index contributed by atoms with van der Waals surface area (Å²) in [6.45, 7) is 11.9. The van der Waals surface area contributed by atoms with Crippen LogP contribution in [-0.4, -0.2) is 59.4 Å². The zero-order chi connectivity index (χ0) is 29.4. The highest BCUT2D eigenvalue weighted by molar-refractivity contribution is 6.46. The second kappa shape index (κ2) is 14.0. The van der Waals surface area contributed by atoms with E-state index in [1.165, 1.54) is 0 Å². The van der Waals surface area contributed by atoms with Crippen LogP contribution in [0.4, 0.5) is 0 Å². The molecule has 0 aliphatic carbocycles. The number of hydrogen-bond acceptors (Lipinski definition) is 6. The van der Waals surface area contributed by atoms with Crippen molar-refractivity contribution < 1.29 is 24.2 Å². The number of ketones is 1. The first kappa shape index (κ1) is 29.9. The molecule has 0 radical (unpaired) electrons. The average molecular weight is 557 g/mol. The summed E-state index contributed by atoms with van der Waals surface area (Å²) >= 11 is 0. The predicted octanol–water partition coefficient (Wildman–Crippen LogP) is 6.13. The van der Waals surface area contributed by atoms with Crippen molar-refractivity contribution in [2.24, 2.45) is 0 Å². The summed E-state index contributed by atoms with van der Waals surface area (Å²) < 4.78 is 11.7. The highest BCUT2D eigenvalue weighted by atomic mass is 16.5. The summed E-state index contributed by atoms with van der Waals surface area (Å²) in [6, 6.07) is 21.8. The number of aliphatic hydroxyl groups excluding tert-OH is 1. The molecule has 1 amide bonds. The van der Waals surface area contributed by atoms with Gasteiger partial charge in [-0.15, -0.1) is 0 Å². The number of likely N-dealkylation sites (tertiary alicyclic amines) is 1. The molecule has 1 saturated heterocycles. The summed E-state index contributed by atoms with van der Waals surface area (Å²) in [6.07, 6.45) is 0.892. The Hall–Kier alpha value is -4.10. The molecular formula is C34H40N2O5. The number of rotatable bonds is 13. The summed E-state index contributed by atoms with van der Waals surface area (Å²) in [5.41, 5.74) is 3.51. The molecule has 1 aliphatic heterocycles. The second-order valence-corrected chi connectivity index (χ2v) is 10.2. The number of hydrogen-bond donors (Lipinski definition) is 1. The fourth-order valence-electron chi connectivity index (χ4n) is 5.05. The summed E-state index contributed by atoms with van der Waals surface area (Å²) in [5.74, 6) is -0.125. The molecule has 0 saturated carbocycles. The molecule has 1 fully saturated rings. The zero-order valence-corrected chi connectivity index (χ0v) is 24.4. The minimum atomic E-state index is -0.706. The first-order chi connectivity index (χ1) is 19.9. The smallest absolute Gasteiger partial charge is 0.295 e. The van der Waals surface area contributed by atoms with Crippen LogP contribution in [0.15, 0.2) is 78.4 Å². The van der Waals surface area contributed by atoms with Crippen LogP contribution in [0.25, 0.3) is 5.76 Å². The first-order valence-electron chi connectivity index (χ1n) is 14.4. The average Bonchev–Trinajstić information content (AvgIpc) is 3.25. The van der Waals surface area contributed by atoms with Crippen LogP contribution in [0, 0.1) is 6.92 Å². The van der Waals surface area contributed by atoms with Crippen molar-refractivity contribution in [2.75, 3.05) is 32.8 Å². The van der Waals surface area contributed by atoms with Gasteiger partial charge in [0, 0.05) is 18.7 Å². The lowest BCUT2D eigenvalue weighted by Gasteiger charge is -2.28. The molecule has 1 unspecified atom stereocenters. The molecule has 4 rings (SSSR count). The summed E-state index contributed by atoms with van der Waals surface area (Å²) in [7, 11) is 0. The van der Waals surface area contributed by atoms with E-state index in [1.807, 2.05) is 56.3 Å². The molecule has 7 nitrogen and oxygen atoms in total. The lowest BCUT2D eigenvalue weighted by atomic mass is 9.95. The number of ether oxygens (including phenoxy) is 2. The van der Waals surface area contributed by atoms with Gasteiger partial charge in [-0.25, -0.2) is 0 Å². The molecule has 0 aromatic heterocycles. The van der Waals surface area contributed by atoms with E-state index < -0.39 is 17.7 Å². The van der Waals surface area contributed by atoms with Gasteiger partial charge in [0.1, 0.15) is 23.9 Å². The highest BCUT2D eigenvalue weighted by Crippen LogP contribution is 2.40. The largest absolute Gasteiger partial charge is 0.507 e. The zero-order valence-electron chi connectivity index (χ0n) is 24.4. The fourth-order valence-corrected chi connectivity index (χ4v) is 5.05. The molecule has 216 valence electrons. The third-order valence-electron chi connectivity index (χ3n) is 7.38. The standard InChI is InChI=1S/C34H40N2O5/c1-5-21-40-28-15-11-26(12-16-28)31-30(33(38)34(39)36(31)20-19-35(6-2)7-3)32(37)27-13-17-29(18-14-27)41-23-25-10-8-9-24(4)22-25/h8-18,22,31,37H,5-7,19-21,23H2,1-4H3. The maximum absolute atomic E-state index is 13.4. The molecule has 3 aromatic rings. The molecule has 0 bridgehead atoms. The molecule has 1 heterocycles. The number of aliphatic hydroxyl groups is 1. The van der Waals surface area contributed by atoms with Crippen molar-refractivity contribution in [1.82, 2.24) is 9.80 Å². The monoisotopic (exact) mass is 556 g/mol. The van der Waals surface area contributed by atoms with Gasteiger partial charge in [0.25, 0.3) is 11.7 Å². The van der Waals surface area contributed by atoms with Crippen molar-refractivity contribution in [3.8, 4) is 11.5 Å². The lowest BCUT2D eigenvalue weighted by Crippen LogP contribution is -2.38. The third kappa shape index (κ3) is 7.16. The molecule has 7 heteroatoms. The Morgan fingerprint density at radius 1 is 0.902 bits per heavy atom. The van der Waals surface area contributed by atoms with Crippen molar-refractivity contribution in [3.05, 3.63) is 101 Å². The van der Waals surface area contributed by atoms with Crippen LogP contribution in [0.1, 0.15) is 55.5 Å². The Labute approximate surface area is 243 Å². The van der Waals surface area contributed by atoms with Gasteiger partial charge < -0.3 is 24.4 Å². The molecule has 1 N–H and O–H groups in total. The van der Waals surface area contributed by atoms with Gasteiger partial charge in [-0.1, -0.05) is 62.7 Å². The van der Waals surface area contributed by atoms with Gasteiger partial charge >= 0.3 is 0 Å². The molecule has 1 atom stereocenters. The molecule has 41 heavy (non-hydrogen) atoms. The van der Waals surface area contributed by atoms with Gasteiger partial charge in [0.15, 0.2) is 0 Å². The van der Waals surface area contributed by atoms with Gasteiger partial charge in [0.2, 0.25) is 0 Å². The van der Waals surface area contributed by atoms with Crippen LogP contribution in [-0.2, 0) is 16.2 Å². The number of carbonyl (C=O) groups excluding carboxylic acids is 2. The summed E-state index contributed by atoms with van der Waals surface area (Å²) in [5, 5.41) is 11.4. The van der Waals surface area contributed by atoms with E-state index >= 15 is 0 Å². The van der Waals surface area contributed by atoms with Crippen molar-refractivity contribution in [3.63, 3.8) is 0 Å². The number of benzene rings is 3. The Balaban J connectivity index is 1.63. The maximum atomic E-state index is 13.4. The quantitative estimate of drug-likeness (QED) is 0.155. The van der Waals surface area contributed by atoms with Crippen LogP contribution in [0.2, 0.25) is 0 Å². The van der Waals surface area contributed by atoms with E-state index in [1.54, 1.807) is 29.2 Å². The van der Waals surface area contributed by atoms with E-state index in [0.717, 1.165) is 42.0 Å². The first-order valence-corrected chi connectivity index (χ1v) is 14.4. The van der Waals surface area contributed by atoms with Crippen molar-refractivity contribution >= 4 is 17.4 Å². The van der Waals surface area contributed by atoms with E-state index in [9.17, 15) is 14.7 Å². The van der Waals surface area contributed by atoms with Crippen LogP contribution < -0.4 is 9.47 Å². The van der Waals surface area contributed by atoms with Gasteiger partial charge in [-0.2, -0.15) is 0 Å². The summed E-state index contributed by atoms with van der Waals surface area (Å²) in [4.78, 5) is 30.5. The Bertz CT molecular complexity index is 1360. The Morgan fingerprint density at radius 3 is 2.20 bits per heavy atom. The SMILES string of the molecule is CCCOc1ccc(C2C(=C(O)c3ccc(OCc4cccc(C)c4)cc3)C(=O)C(=O)N2CCN(CC)CC)cc1. The van der Waals surface area contributed by atoms with Crippen LogP contribution in [0.5, 0.6) is 11.5 Å². The number of carbonyl (C=O) groups is 2. The minimum absolute atomic E-state index is 0.0882. The van der Waals surface area contributed by atoms with E-state index in [2.05, 4.69) is 24.8 Å². The second-order valence-electron chi connectivity index (χ2n) is 10.2. The predicted molar refractivity (Wildman–Crippen MR) is 161 cm³/mol. The molecule has 0 spiro atoms. The number of Topliss-reactive ketones (excluding diaryl/α,β-unsaturated/α-hetero) is 1. The van der Waals surface area contributed by atoms with E-state index in [0.29, 0.717) is 37.6 Å². The van der Waals surface area contributed by atoms with Gasteiger partial charge in [-0.05, 0) is 74.0 Å².